The fourth-order valence-corrected chi connectivity index (χ4v) is 2.03. The van der Waals surface area contributed by atoms with Gasteiger partial charge in [-0.3, -0.25) is 4.57 Å². The van der Waals surface area contributed by atoms with Gasteiger partial charge < -0.3 is 5.11 Å². The average molecular weight is 268 g/mol. The van der Waals surface area contributed by atoms with Gasteiger partial charge in [0.05, 0.1) is 5.02 Å². The fraction of sp³-hybridized carbons (Fsp3) is 0.417. The Kier molecular flexibility index (Phi) is 3.26. The Bertz CT molecular complexity index is 607. The summed E-state index contributed by atoms with van der Waals surface area (Å²) in [6.45, 7) is 5.55. The molecule has 0 radical (unpaired) electrons. The molecule has 0 saturated carbocycles. The second-order valence-corrected chi connectivity index (χ2v) is 4.94. The van der Waals surface area contributed by atoms with Crippen molar-refractivity contribution in [3.05, 3.63) is 23.1 Å². The van der Waals surface area contributed by atoms with Crippen LogP contribution in [0.4, 0.5) is 0 Å². The molecule has 2 aromatic heterocycles. The molecule has 2 aromatic rings. The average Bonchev–Trinajstić information content (AvgIpc) is 2.66. The van der Waals surface area contributed by atoms with E-state index >= 15 is 0 Å². The summed E-state index contributed by atoms with van der Waals surface area (Å²) >= 11 is 5.87. The number of carboxylic acid groups (broad SMARTS) is 1. The van der Waals surface area contributed by atoms with E-state index in [1.807, 2.05) is 13.8 Å². The Morgan fingerprint density at radius 3 is 2.67 bits per heavy atom. The monoisotopic (exact) mass is 267 g/mol. The van der Waals surface area contributed by atoms with Gasteiger partial charge >= 0.3 is 5.97 Å². The summed E-state index contributed by atoms with van der Waals surface area (Å²) in [6.07, 6.45) is 1.50. The highest BCUT2D eigenvalue weighted by molar-refractivity contribution is 6.31. The number of carbonyl (C=O) groups is 1. The molecule has 0 aromatic carbocycles. The van der Waals surface area contributed by atoms with E-state index in [4.69, 9.17) is 11.6 Å². The first-order chi connectivity index (χ1) is 8.41. The third-order valence-corrected chi connectivity index (χ3v) is 2.99. The number of aromatic nitrogens is 3. The van der Waals surface area contributed by atoms with Crippen molar-refractivity contribution in [3.63, 3.8) is 0 Å². The van der Waals surface area contributed by atoms with Crippen LogP contribution in [-0.4, -0.2) is 25.6 Å². The van der Waals surface area contributed by atoms with Gasteiger partial charge in [-0.05, 0) is 13.0 Å². The number of imidazole rings is 1. The third kappa shape index (κ3) is 2.06. The number of aliphatic carboxylic acids is 1. The maximum absolute atomic E-state index is 11.2. The van der Waals surface area contributed by atoms with Crippen molar-refractivity contribution in [1.82, 2.24) is 14.5 Å². The number of halogens is 1. The van der Waals surface area contributed by atoms with E-state index in [0.29, 0.717) is 22.0 Å². The minimum absolute atomic E-state index is 0.111. The number of pyridine rings is 1. The topological polar surface area (TPSA) is 68.0 Å². The van der Waals surface area contributed by atoms with Crippen molar-refractivity contribution in [1.29, 1.82) is 0 Å². The zero-order valence-electron chi connectivity index (χ0n) is 10.4. The molecule has 2 rings (SSSR count). The number of nitrogens with zero attached hydrogens (tertiary/aromatic N) is 3. The van der Waals surface area contributed by atoms with Crippen LogP contribution < -0.4 is 0 Å². The summed E-state index contributed by atoms with van der Waals surface area (Å²) in [4.78, 5) is 19.8. The molecule has 1 unspecified atom stereocenters. The van der Waals surface area contributed by atoms with Gasteiger partial charge in [0.1, 0.15) is 17.4 Å². The number of fused-ring (bicyclic) bond motifs is 1. The molecule has 0 aliphatic rings. The summed E-state index contributed by atoms with van der Waals surface area (Å²) in [5, 5.41) is 9.66. The van der Waals surface area contributed by atoms with E-state index in [2.05, 4.69) is 9.97 Å². The van der Waals surface area contributed by atoms with Crippen LogP contribution in [-0.2, 0) is 4.79 Å². The minimum atomic E-state index is -0.909. The summed E-state index contributed by atoms with van der Waals surface area (Å²) in [7, 11) is 0. The van der Waals surface area contributed by atoms with Gasteiger partial charge in [-0.1, -0.05) is 25.4 Å². The molecule has 96 valence electrons. The second kappa shape index (κ2) is 4.57. The molecule has 0 fully saturated rings. The smallest absolute Gasteiger partial charge is 0.326 e. The molecule has 0 aliphatic heterocycles. The Morgan fingerprint density at radius 1 is 1.44 bits per heavy atom. The molecule has 0 aliphatic carbocycles. The lowest BCUT2D eigenvalue weighted by atomic mass is 10.2. The normalized spacial score (nSPS) is 13.2. The number of carboxylic acids is 1. The predicted molar refractivity (Wildman–Crippen MR) is 69.0 cm³/mol. The Morgan fingerprint density at radius 2 is 2.11 bits per heavy atom. The zero-order valence-corrected chi connectivity index (χ0v) is 11.1. The summed E-state index contributed by atoms with van der Waals surface area (Å²) < 4.78 is 1.65. The van der Waals surface area contributed by atoms with Crippen LogP contribution in [0.2, 0.25) is 5.02 Å². The number of hydrogen-bond acceptors (Lipinski definition) is 3. The molecule has 6 heteroatoms. The van der Waals surface area contributed by atoms with Crippen LogP contribution in [0, 0.1) is 0 Å². The van der Waals surface area contributed by atoms with Crippen LogP contribution in [0.1, 0.15) is 38.6 Å². The SMILES string of the molecule is CC(C)c1nc2cc(Cl)cnc2n1C(C)C(=O)O. The molecule has 0 amide bonds. The van der Waals surface area contributed by atoms with E-state index in [1.54, 1.807) is 17.6 Å². The maximum atomic E-state index is 11.2. The van der Waals surface area contributed by atoms with Crippen molar-refractivity contribution in [2.24, 2.45) is 0 Å². The number of hydrogen-bond donors (Lipinski definition) is 1. The van der Waals surface area contributed by atoms with Crippen LogP contribution in [0.25, 0.3) is 11.2 Å². The number of rotatable bonds is 3. The first kappa shape index (κ1) is 12.8. The van der Waals surface area contributed by atoms with Gasteiger partial charge in [0.15, 0.2) is 5.65 Å². The van der Waals surface area contributed by atoms with Gasteiger partial charge in [0.2, 0.25) is 0 Å². The zero-order chi connectivity index (χ0) is 13.4. The van der Waals surface area contributed by atoms with Gasteiger partial charge in [0, 0.05) is 12.1 Å². The van der Waals surface area contributed by atoms with E-state index in [1.165, 1.54) is 6.20 Å². The lowest BCUT2D eigenvalue weighted by Gasteiger charge is -2.14. The molecule has 0 bridgehead atoms. The lowest BCUT2D eigenvalue weighted by Crippen LogP contribution is -2.19. The highest BCUT2D eigenvalue weighted by Crippen LogP contribution is 2.26. The van der Waals surface area contributed by atoms with Gasteiger partial charge in [0.25, 0.3) is 0 Å². The van der Waals surface area contributed by atoms with E-state index in [-0.39, 0.29) is 5.92 Å². The van der Waals surface area contributed by atoms with Gasteiger partial charge in [-0.2, -0.15) is 0 Å². The fourth-order valence-electron chi connectivity index (χ4n) is 1.87. The van der Waals surface area contributed by atoms with E-state index in [9.17, 15) is 9.90 Å². The molecule has 0 saturated heterocycles. The highest BCUT2D eigenvalue weighted by Gasteiger charge is 2.23. The van der Waals surface area contributed by atoms with Gasteiger partial charge in [-0.15, -0.1) is 0 Å². The van der Waals surface area contributed by atoms with Crippen molar-refractivity contribution >= 4 is 28.7 Å². The predicted octanol–water partition coefficient (Wildman–Crippen LogP) is 2.85. The highest BCUT2D eigenvalue weighted by atomic mass is 35.5. The van der Waals surface area contributed by atoms with E-state index in [0.717, 1.165) is 0 Å². The van der Waals surface area contributed by atoms with Crippen LogP contribution in [0.3, 0.4) is 0 Å². The Balaban J connectivity index is 2.74. The quantitative estimate of drug-likeness (QED) is 0.928. The first-order valence-corrected chi connectivity index (χ1v) is 6.05. The molecule has 0 spiro atoms. The molecule has 18 heavy (non-hydrogen) atoms. The van der Waals surface area contributed by atoms with Crippen LogP contribution in [0.15, 0.2) is 12.3 Å². The van der Waals surface area contributed by atoms with Crippen molar-refractivity contribution < 1.29 is 9.90 Å². The first-order valence-electron chi connectivity index (χ1n) is 5.68. The molecular weight excluding hydrogens is 254 g/mol. The van der Waals surface area contributed by atoms with Gasteiger partial charge in [-0.25, -0.2) is 14.8 Å². The Labute approximate surface area is 109 Å². The summed E-state index contributed by atoms with van der Waals surface area (Å²) in [6, 6.07) is 0.988. The van der Waals surface area contributed by atoms with Crippen molar-refractivity contribution in [3.8, 4) is 0 Å². The van der Waals surface area contributed by atoms with Crippen molar-refractivity contribution in [2.45, 2.75) is 32.7 Å². The maximum Gasteiger partial charge on any atom is 0.326 e. The van der Waals surface area contributed by atoms with E-state index < -0.39 is 12.0 Å². The third-order valence-electron chi connectivity index (χ3n) is 2.78. The molecule has 1 N–H and O–H groups in total. The standard InChI is InChI=1S/C12H14ClN3O2/c1-6(2)10-15-9-4-8(13)5-14-11(9)16(10)7(3)12(17)18/h4-7H,1-3H3,(H,17,18). The summed E-state index contributed by atoms with van der Waals surface area (Å²) in [5.41, 5.74) is 1.18. The second-order valence-electron chi connectivity index (χ2n) is 4.51. The van der Waals surface area contributed by atoms with Crippen LogP contribution in [0.5, 0.6) is 0 Å². The lowest BCUT2D eigenvalue weighted by molar-refractivity contribution is -0.140. The molecule has 2 heterocycles. The Hall–Kier alpha value is -1.62. The van der Waals surface area contributed by atoms with Crippen LogP contribution >= 0.6 is 11.6 Å². The largest absolute Gasteiger partial charge is 0.480 e. The van der Waals surface area contributed by atoms with Crippen molar-refractivity contribution in [2.75, 3.05) is 0 Å². The molecular formula is C12H14ClN3O2. The molecule has 1 atom stereocenters. The minimum Gasteiger partial charge on any atom is -0.480 e. The molecule has 5 nitrogen and oxygen atoms in total. The summed E-state index contributed by atoms with van der Waals surface area (Å²) in [5.74, 6) is -0.0950.